The number of hydrogen-bond donors (Lipinski definition) is 2. The van der Waals surface area contributed by atoms with E-state index in [4.69, 9.17) is 10.8 Å². The molecule has 3 nitrogen and oxygen atoms in total. The number of aliphatic hydroxyl groups excluding tert-OH is 1. The van der Waals surface area contributed by atoms with Gasteiger partial charge in [-0.1, -0.05) is 6.92 Å². The van der Waals surface area contributed by atoms with Gasteiger partial charge in [0.1, 0.15) is 0 Å². The van der Waals surface area contributed by atoms with Gasteiger partial charge in [-0.3, -0.25) is 0 Å². The third kappa shape index (κ3) is 6.58. The van der Waals surface area contributed by atoms with E-state index in [0.717, 1.165) is 32.5 Å². The molecular formula is C9H22N2O. The minimum atomic E-state index is 0.256. The molecule has 0 aliphatic carbocycles. The van der Waals surface area contributed by atoms with Crippen molar-refractivity contribution in [1.29, 1.82) is 0 Å². The zero-order valence-corrected chi connectivity index (χ0v) is 8.29. The van der Waals surface area contributed by atoms with Crippen molar-refractivity contribution >= 4 is 0 Å². The molecule has 0 saturated carbocycles. The molecular weight excluding hydrogens is 152 g/mol. The van der Waals surface area contributed by atoms with Crippen molar-refractivity contribution in [3.05, 3.63) is 0 Å². The molecule has 0 radical (unpaired) electrons. The Labute approximate surface area is 75.6 Å². The minimum absolute atomic E-state index is 0.256. The van der Waals surface area contributed by atoms with Crippen LogP contribution in [0.25, 0.3) is 0 Å². The highest BCUT2D eigenvalue weighted by Crippen LogP contribution is 1.96. The van der Waals surface area contributed by atoms with Gasteiger partial charge >= 0.3 is 0 Å². The fourth-order valence-corrected chi connectivity index (χ4v) is 1.21. The molecule has 0 aromatic carbocycles. The Hall–Kier alpha value is -0.120. The molecule has 3 N–H and O–H groups in total. The normalized spacial score (nSPS) is 13.8. The molecule has 0 fully saturated rings. The molecule has 74 valence electrons. The Kier molecular flexibility index (Phi) is 7.45. The van der Waals surface area contributed by atoms with Gasteiger partial charge in [0.15, 0.2) is 0 Å². The van der Waals surface area contributed by atoms with Crippen LogP contribution >= 0.6 is 0 Å². The molecule has 1 unspecified atom stereocenters. The fraction of sp³-hybridized carbons (Fsp3) is 1.00. The first-order chi connectivity index (χ1) is 5.70. The van der Waals surface area contributed by atoms with Crippen molar-refractivity contribution in [2.75, 3.05) is 26.2 Å². The van der Waals surface area contributed by atoms with Crippen LogP contribution in [-0.2, 0) is 0 Å². The monoisotopic (exact) mass is 174 g/mol. The summed E-state index contributed by atoms with van der Waals surface area (Å²) in [6.07, 6.45) is 2.20. The van der Waals surface area contributed by atoms with E-state index in [-0.39, 0.29) is 6.61 Å². The maximum absolute atomic E-state index is 8.71. The van der Waals surface area contributed by atoms with E-state index >= 15 is 0 Å². The second kappa shape index (κ2) is 7.53. The Morgan fingerprint density at radius 2 is 2.08 bits per heavy atom. The van der Waals surface area contributed by atoms with Crippen LogP contribution in [0.4, 0.5) is 0 Å². The number of nitrogens with two attached hydrogens (primary N) is 1. The molecule has 0 spiro atoms. The van der Waals surface area contributed by atoms with E-state index in [1.165, 1.54) is 0 Å². The topological polar surface area (TPSA) is 49.5 Å². The summed E-state index contributed by atoms with van der Waals surface area (Å²) in [5.41, 5.74) is 5.63. The lowest BCUT2D eigenvalue weighted by Gasteiger charge is -2.19. The zero-order chi connectivity index (χ0) is 9.40. The molecule has 0 rings (SSSR count). The molecule has 0 heterocycles. The molecule has 3 heteroatoms. The Balaban J connectivity index is 3.31. The standard InChI is InChI=1S/C9H22N2O/c1-3-11(7-8-12)6-4-5-9(2)10/h9,12H,3-8,10H2,1-2H3. The maximum atomic E-state index is 8.71. The smallest absolute Gasteiger partial charge is 0.0558 e. The van der Waals surface area contributed by atoms with E-state index in [9.17, 15) is 0 Å². The van der Waals surface area contributed by atoms with E-state index in [2.05, 4.69) is 11.8 Å². The lowest BCUT2D eigenvalue weighted by Crippen LogP contribution is -2.28. The highest BCUT2D eigenvalue weighted by molar-refractivity contribution is 4.58. The number of hydrogen-bond acceptors (Lipinski definition) is 3. The van der Waals surface area contributed by atoms with Gasteiger partial charge in [0.25, 0.3) is 0 Å². The van der Waals surface area contributed by atoms with Crippen molar-refractivity contribution in [2.45, 2.75) is 32.7 Å². The van der Waals surface area contributed by atoms with Gasteiger partial charge in [-0.05, 0) is 32.9 Å². The first-order valence-electron chi connectivity index (χ1n) is 4.79. The number of rotatable bonds is 7. The van der Waals surface area contributed by atoms with Gasteiger partial charge in [-0.2, -0.15) is 0 Å². The van der Waals surface area contributed by atoms with E-state index in [0.29, 0.717) is 6.04 Å². The highest BCUT2D eigenvalue weighted by Gasteiger charge is 2.01. The van der Waals surface area contributed by atoms with Crippen LogP contribution in [0.2, 0.25) is 0 Å². The fourth-order valence-electron chi connectivity index (χ4n) is 1.21. The van der Waals surface area contributed by atoms with E-state index in [1.54, 1.807) is 0 Å². The third-order valence-electron chi connectivity index (χ3n) is 2.00. The van der Waals surface area contributed by atoms with Crippen molar-refractivity contribution < 1.29 is 5.11 Å². The highest BCUT2D eigenvalue weighted by atomic mass is 16.3. The lowest BCUT2D eigenvalue weighted by molar-refractivity contribution is 0.199. The second-order valence-corrected chi connectivity index (χ2v) is 3.28. The predicted octanol–water partition coefficient (Wildman–Crippen LogP) is 0.428. The van der Waals surface area contributed by atoms with Gasteiger partial charge in [0.05, 0.1) is 6.61 Å². The molecule has 1 atom stereocenters. The number of aliphatic hydroxyl groups is 1. The maximum Gasteiger partial charge on any atom is 0.0558 e. The summed E-state index contributed by atoms with van der Waals surface area (Å²) in [4.78, 5) is 2.24. The molecule has 0 aromatic rings. The summed E-state index contributed by atoms with van der Waals surface area (Å²) < 4.78 is 0. The minimum Gasteiger partial charge on any atom is -0.395 e. The first-order valence-corrected chi connectivity index (χ1v) is 4.79. The summed E-state index contributed by atoms with van der Waals surface area (Å²) in [5.74, 6) is 0. The Bertz CT molecular complexity index is 96.5. The molecule has 0 amide bonds. The van der Waals surface area contributed by atoms with Gasteiger partial charge in [-0.25, -0.2) is 0 Å². The van der Waals surface area contributed by atoms with Crippen molar-refractivity contribution in [3.63, 3.8) is 0 Å². The van der Waals surface area contributed by atoms with E-state index in [1.807, 2.05) is 6.92 Å². The zero-order valence-electron chi connectivity index (χ0n) is 8.29. The van der Waals surface area contributed by atoms with Crippen LogP contribution in [0.3, 0.4) is 0 Å². The van der Waals surface area contributed by atoms with Crippen LogP contribution in [0.1, 0.15) is 26.7 Å². The van der Waals surface area contributed by atoms with Crippen LogP contribution in [0.15, 0.2) is 0 Å². The molecule has 0 aliphatic rings. The molecule has 0 bridgehead atoms. The summed E-state index contributed by atoms with van der Waals surface area (Å²) in [6, 6.07) is 0.304. The summed E-state index contributed by atoms with van der Waals surface area (Å²) in [6.45, 7) is 7.25. The second-order valence-electron chi connectivity index (χ2n) is 3.28. The van der Waals surface area contributed by atoms with Crippen LogP contribution in [-0.4, -0.2) is 42.3 Å². The summed E-state index contributed by atoms with van der Waals surface area (Å²) in [5, 5.41) is 8.71. The predicted molar refractivity (Wildman–Crippen MR) is 52.1 cm³/mol. The Morgan fingerprint density at radius 1 is 1.42 bits per heavy atom. The summed E-state index contributed by atoms with van der Waals surface area (Å²) >= 11 is 0. The van der Waals surface area contributed by atoms with Gasteiger partial charge in [0, 0.05) is 12.6 Å². The Morgan fingerprint density at radius 3 is 2.50 bits per heavy atom. The van der Waals surface area contributed by atoms with Gasteiger partial charge in [0.2, 0.25) is 0 Å². The summed E-state index contributed by atoms with van der Waals surface area (Å²) in [7, 11) is 0. The SMILES string of the molecule is CCN(CCO)CCCC(C)N. The van der Waals surface area contributed by atoms with Gasteiger partial charge in [-0.15, -0.1) is 0 Å². The molecule has 0 aliphatic heterocycles. The van der Waals surface area contributed by atoms with Crippen LogP contribution in [0.5, 0.6) is 0 Å². The third-order valence-corrected chi connectivity index (χ3v) is 2.00. The number of nitrogens with zero attached hydrogens (tertiary/aromatic N) is 1. The number of likely N-dealkylation sites (N-methyl/N-ethyl adjacent to an activating group) is 1. The average molecular weight is 174 g/mol. The molecule has 0 aromatic heterocycles. The quantitative estimate of drug-likeness (QED) is 0.588. The van der Waals surface area contributed by atoms with E-state index < -0.39 is 0 Å². The largest absolute Gasteiger partial charge is 0.395 e. The van der Waals surface area contributed by atoms with Crippen molar-refractivity contribution in [2.24, 2.45) is 5.73 Å². The average Bonchev–Trinajstić information content (AvgIpc) is 2.02. The lowest BCUT2D eigenvalue weighted by atomic mass is 10.2. The van der Waals surface area contributed by atoms with Crippen molar-refractivity contribution in [1.82, 2.24) is 4.90 Å². The first kappa shape index (κ1) is 11.9. The van der Waals surface area contributed by atoms with Crippen LogP contribution < -0.4 is 5.73 Å². The molecule has 12 heavy (non-hydrogen) atoms. The van der Waals surface area contributed by atoms with Gasteiger partial charge < -0.3 is 15.7 Å². The molecule has 0 saturated heterocycles. The van der Waals surface area contributed by atoms with Crippen LogP contribution in [0, 0.1) is 0 Å². The van der Waals surface area contributed by atoms with Crippen molar-refractivity contribution in [3.8, 4) is 0 Å².